The monoisotopic (exact) mass is 695 g/mol. The van der Waals surface area contributed by atoms with E-state index < -0.39 is 30.2 Å². The summed E-state index contributed by atoms with van der Waals surface area (Å²) in [6.07, 6.45) is 0. The minimum absolute atomic E-state index is 0.0470. The standard InChI is InChI=1S/C49H30N4O/c1-3-15-32(16-4-1)47-50-48(33-17-5-2-6-18-33)52-49(51-47)41-30-36(53-42-23-11-9-20-38(42)39-21-10-12-24-43(39)53)29-40-45-37(22-13-25-44(45)54-46(40)41)35-27-26-31-14-7-8-19-34(31)28-35/h1-30H/i1D,3D,4D,15D,16D. The zero-order valence-electron chi connectivity index (χ0n) is 33.6. The molecule has 0 spiro atoms. The van der Waals surface area contributed by atoms with Gasteiger partial charge < -0.3 is 8.98 Å². The number of aromatic nitrogens is 4. The number of nitrogens with zero attached hydrogens (tertiary/aromatic N) is 4. The van der Waals surface area contributed by atoms with E-state index in [2.05, 4.69) is 71.3 Å². The number of furan rings is 1. The van der Waals surface area contributed by atoms with E-state index in [1.807, 2.05) is 84.9 Å². The molecule has 252 valence electrons. The van der Waals surface area contributed by atoms with E-state index in [0.29, 0.717) is 22.3 Å². The first-order valence-electron chi connectivity index (χ1n) is 20.2. The molecule has 0 radical (unpaired) electrons. The van der Waals surface area contributed by atoms with Crippen LogP contribution in [0.15, 0.2) is 186 Å². The molecule has 0 unspecified atom stereocenters. The summed E-state index contributed by atoms with van der Waals surface area (Å²) in [7, 11) is 0. The molecule has 11 aromatic rings. The summed E-state index contributed by atoms with van der Waals surface area (Å²) in [5.41, 5.74) is 7.22. The Morgan fingerprint density at radius 1 is 0.463 bits per heavy atom. The van der Waals surface area contributed by atoms with E-state index in [-0.39, 0.29) is 23.0 Å². The second-order valence-corrected chi connectivity index (χ2v) is 13.3. The van der Waals surface area contributed by atoms with Crippen molar-refractivity contribution >= 4 is 54.5 Å². The van der Waals surface area contributed by atoms with Crippen LogP contribution in [-0.2, 0) is 0 Å². The highest BCUT2D eigenvalue weighted by Crippen LogP contribution is 2.43. The lowest BCUT2D eigenvalue weighted by atomic mass is 9.96. The van der Waals surface area contributed by atoms with Crippen molar-refractivity contribution in [2.45, 2.75) is 0 Å². The summed E-state index contributed by atoms with van der Waals surface area (Å²) in [5.74, 6) is 0.453. The minimum Gasteiger partial charge on any atom is -0.455 e. The van der Waals surface area contributed by atoms with Crippen molar-refractivity contribution in [1.82, 2.24) is 19.5 Å². The largest absolute Gasteiger partial charge is 0.455 e. The highest BCUT2D eigenvalue weighted by molar-refractivity contribution is 6.17. The van der Waals surface area contributed by atoms with Crippen LogP contribution < -0.4 is 0 Å². The van der Waals surface area contributed by atoms with Gasteiger partial charge in [-0.3, -0.25) is 0 Å². The van der Waals surface area contributed by atoms with E-state index in [9.17, 15) is 0 Å². The number of fused-ring (bicyclic) bond motifs is 7. The molecule has 0 fully saturated rings. The third kappa shape index (κ3) is 4.83. The van der Waals surface area contributed by atoms with E-state index >= 15 is 0 Å². The van der Waals surface area contributed by atoms with Crippen molar-refractivity contribution in [3.63, 3.8) is 0 Å². The zero-order chi connectivity index (χ0) is 39.9. The van der Waals surface area contributed by atoms with Crippen LogP contribution in [0.1, 0.15) is 6.85 Å². The van der Waals surface area contributed by atoms with Gasteiger partial charge in [0.1, 0.15) is 11.2 Å². The second kappa shape index (κ2) is 12.1. The number of para-hydroxylation sites is 2. The average molecular weight is 696 g/mol. The van der Waals surface area contributed by atoms with Gasteiger partial charge in [-0.1, -0.05) is 145 Å². The highest BCUT2D eigenvalue weighted by Gasteiger charge is 2.23. The second-order valence-electron chi connectivity index (χ2n) is 13.3. The van der Waals surface area contributed by atoms with Gasteiger partial charge in [-0.05, 0) is 58.3 Å². The van der Waals surface area contributed by atoms with Gasteiger partial charge in [0, 0.05) is 38.4 Å². The average Bonchev–Trinajstić information content (AvgIpc) is 3.83. The fraction of sp³-hybridized carbons (Fsp3) is 0. The van der Waals surface area contributed by atoms with Crippen molar-refractivity contribution in [3.05, 3.63) is 182 Å². The molecule has 54 heavy (non-hydrogen) atoms. The molecule has 0 saturated carbocycles. The summed E-state index contributed by atoms with van der Waals surface area (Å²) in [6, 6.07) is 48.8. The van der Waals surface area contributed by atoms with Crippen molar-refractivity contribution in [3.8, 4) is 51.0 Å². The van der Waals surface area contributed by atoms with Gasteiger partial charge in [0.25, 0.3) is 0 Å². The molecule has 0 amide bonds. The summed E-state index contributed by atoms with van der Waals surface area (Å²) in [6.45, 7) is 0. The van der Waals surface area contributed by atoms with Gasteiger partial charge in [0.15, 0.2) is 17.5 Å². The molecule has 3 heterocycles. The lowest BCUT2D eigenvalue weighted by Crippen LogP contribution is -2.01. The maximum absolute atomic E-state index is 8.87. The maximum Gasteiger partial charge on any atom is 0.167 e. The lowest BCUT2D eigenvalue weighted by Gasteiger charge is -2.13. The van der Waals surface area contributed by atoms with Crippen LogP contribution in [0.25, 0.3) is 105 Å². The Labute approximate surface area is 317 Å². The first-order chi connectivity index (χ1) is 28.8. The summed E-state index contributed by atoms with van der Waals surface area (Å²) < 4.78 is 52.0. The first-order valence-corrected chi connectivity index (χ1v) is 17.7. The smallest absolute Gasteiger partial charge is 0.167 e. The molecule has 3 aromatic heterocycles. The van der Waals surface area contributed by atoms with Crippen LogP contribution in [0.5, 0.6) is 0 Å². The Balaban J connectivity index is 1.27. The molecule has 5 heteroatoms. The molecule has 11 rings (SSSR count). The fourth-order valence-electron chi connectivity index (χ4n) is 7.69. The zero-order valence-corrected chi connectivity index (χ0v) is 28.6. The minimum atomic E-state index is -0.494. The molecule has 8 aromatic carbocycles. The van der Waals surface area contributed by atoms with Crippen molar-refractivity contribution in [2.75, 3.05) is 0 Å². The van der Waals surface area contributed by atoms with E-state index in [1.54, 1.807) is 0 Å². The summed E-state index contributed by atoms with van der Waals surface area (Å²) >= 11 is 0. The quantitative estimate of drug-likeness (QED) is 0.180. The number of hydrogen-bond acceptors (Lipinski definition) is 4. The predicted octanol–water partition coefficient (Wildman–Crippen LogP) is 12.7. The van der Waals surface area contributed by atoms with Crippen molar-refractivity contribution < 1.29 is 11.3 Å². The van der Waals surface area contributed by atoms with Crippen molar-refractivity contribution in [1.29, 1.82) is 0 Å². The van der Waals surface area contributed by atoms with Crippen LogP contribution in [0.4, 0.5) is 0 Å². The van der Waals surface area contributed by atoms with Gasteiger partial charge in [-0.25, -0.2) is 15.0 Å². The van der Waals surface area contributed by atoms with Crippen LogP contribution in [0, 0.1) is 0 Å². The summed E-state index contributed by atoms with van der Waals surface area (Å²) in [5, 5.41) is 6.24. The van der Waals surface area contributed by atoms with Crippen molar-refractivity contribution in [2.24, 2.45) is 0 Å². The number of benzene rings is 8. The van der Waals surface area contributed by atoms with E-state index in [1.165, 1.54) is 0 Å². The molecule has 0 saturated heterocycles. The Morgan fingerprint density at radius 2 is 1.13 bits per heavy atom. The Hall–Kier alpha value is -7.37. The molecule has 0 aliphatic heterocycles. The first kappa shape index (κ1) is 25.6. The SMILES string of the molecule is [2H]c1c([2H])c([2H])c(-c2nc(-c3ccccc3)nc(-c3cc(-n4c5ccccc5c5ccccc54)cc4c3oc3cccc(-c5ccc6ccccc6c5)c34)n2)c([2H])c1[2H]. The van der Waals surface area contributed by atoms with Crippen LogP contribution >= 0.6 is 0 Å². The van der Waals surface area contributed by atoms with Gasteiger partial charge in [-0.15, -0.1) is 0 Å². The Bertz CT molecular complexity index is 3440. The highest BCUT2D eigenvalue weighted by atomic mass is 16.3. The molecule has 0 N–H and O–H groups in total. The fourth-order valence-corrected chi connectivity index (χ4v) is 7.69. The Morgan fingerprint density at radius 3 is 1.91 bits per heavy atom. The Kier molecular flexibility index (Phi) is 5.73. The molecule has 0 aliphatic carbocycles. The molecule has 0 bridgehead atoms. The molecular formula is C49H30N4O. The van der Waals surface area contributed by atoms with Gasteiger partial charge in [-0.2, -0.15) is 0 Å². The number of rotatable bonds is 5. The maximum atomic E-state index is 8.87. The normalized spacial score (nSPS) is 13.0. The van der Waals surface area contributed by atoms with Crippen LogP contribution in [0.2, 0.25) is 0 Å². The van der Waals surface area contributed by atoms with Crippen LogP contribution in [-0.4, -0.2) is 19.5 Å². The van der Waals surface area contributed by atoms with Gasteiger partial charge in [0.2, 0.25) is 0 Å². The molecule has 5 nitrogen and oxygen atoms in total. The van der Waals surface area contributed by atoms with Gasteiger partial charge in [0.05, 0.1) is 23.5 Å². The molecular weight excluding hydrogens is 661 g/mol. The predicted molar refractivity (Wildman–Crippen MR) is 221 cm³/mol. The molecule has 0 atom stereocenters. The van der Waals surface area contributed by atoms with E-state index in [0.717, 1.165) is 60.2 Å². The van der Waals surface area contributed by atoms with Gasteiger partial charge >= 0.3 is 0 Å². The topological polar surface area (TPSA) is 56.7 Å². The molecule has 0 aliphatic rings. The third-order valence-electron chi connectivity index (χ3n) is 10.1. The lowest BCUT2D eigenvalue weighted by molar-refractivity contribution is 0.669. The van der Waals surface area contributed by atoms with E-state index in [4.69, 9.17) is 26.2 Å². The summed E-state index contributed by atoms with van der Waals surface area (Å²) in [4.78, 5) is 14.8. The van der Waals surface area contributed by atoms with Crippen LogP contribution in [0.3, 0.4) is 0 Å². The third-order valence-corrected chi connectivity index (χ3v) is 10.1. The number of hydrogen-bond donors (Lipinski definition) is 0.